The molecule has 32 heavy (non-hydrogen) atoms. The fourth-order valence-corrected chi connectivity index (χ4v) is 3.78. The molecule has 1 aromatic rings. The highest BCUT2D eigenvalue weighted by atomic mass is 16.7. The SMILES string of the molecule is CCCCCCNC(=O)c1cc(COC2CCCCO2)cc(C(=O)NCCCCCC)c1. The molecule has 180 valence electrons. The number of hydrogen-bond donors (Lipinski definition) is 2. The van der Waals surface area contributed by atoms with E-state index in [1.54, 1.807) is 6.07 Å². The molecule has 1 saturated heterocycles. The van der Waals surface area contributed by atoms with Crippen LogP contribution in [0.25, 0.3) is 0 Å². The minimum atomic E-state index is -0.212. The summed E-state index contributed by atoms with van der Waals surface area (Å²) in [5.41, 5.74) is 1.82. The Balaban J connectivity index is 2.00. The zero-order chi connectivity index (χ0) is 23.0. The zero-order valence-corrected chi connectivity index (χ0v) is 20.0. The molecule has 1 atom stereocenters. The van der Waals surface area contributed by atoms with Gasteiger partial charge in [-0.1, -0.05) is 52.4 Å². The summed E-state index contributed by atoms with van der Waals surface area (Å²) >= 11 is 0. The minimum Gasteiger partial charge on any atom is -0.353 e. The second kappa shape index (κ2) is 15.8. The van der Waals surface area contributed by atoms with Gasteiger partial charge in [-0.05, 0) is 55.9 Å². The topological polar surface area (TPSA) is 76.7 Å². The van der Waals surface area contributed by atoms with E-state index in [0.29, 0.717) is 30.8 Å². The van der Waals surface area contributed by atoms with E-state index < -0.39 is 0 Å². The summed E-state index contributed by atoms with van der Waals surface area (Å²) < 4.78 is 11.5. The molecule has 0 aromatic heterocycles. The van der Waals surface area contributed by atoms with Crippen LogP contribution in [-0.4, -0.2) is 37.8 Å². The summed E-state index contributed by atoms with van der Waals surface area (Å²) in [5.74, 6) is -0.288. The maximum absolute atomic E-state index is 12.7. The van der Waals surface area contributed by atoms with Crippen molar-refractivity contribution in [3.8, 4) is 0 Å². The van der Waals surface area contributed by atoms with Crippen molar-refractivity contribution in [3.63, 3.8) is 0 Å². The van der Waals surface area contributed by atoms with E-state index in [0.717, 1.165) is 70.0 Å². The standard InChI is InChI=1S/C26H42N2O4/c1-3-5-7-10-14-27-25(29)22-17-21(20-32-24-13-9-12-16-31-24)18-23(19-22)26(30)28-15-11-8-6-4-2/h17-19,24H,3-16,20H2,1-2H3,(H,27,29)(H,28,30). The number of benzene rings is 1. The first kappa shape index (κ1) is 26.3. The molecule has 1 fully saturated rings. The number of nitrogens with one attached hydrogen (secondary N) is 2. The molecule has 0 aliphatic carbocycles. The van der Waals surface area contributed by atoms with Crippen LogP contribution in [0.2, 0.25) is 0 Å². The van der Waals surface area contributed by atoms with Crippen molar-refractivity contribution < 1.29 is 19.1 Å². The van der Waals surface area contributed by atoms with Gasteiger partial charge in [0.25, 0.3) is 11.8 Å². The first-order valence-electron chi connectivity index (χ1n) is 12.6. The zero-order valence-electron chi connectivity index (χ0n) is 20.0. The summed E-state index contributed by atoms with van der Waals surface area (Å²) in [6.07, 6.45) is 11.7. The smallest absolute Gasteiger partial charge is 0.251 e. The van der Waals surface area contributed by atoms with E-state index in [1.165, 1.54) is 12.8 Å². The minimum absolute atomic E-state index is 0.144. The van der Waals surface area contributed by atoms with E-state index in [1.807, 2.05) is 12.1 Å². The molecule has 1 heterocycles. The molecule has 2 N–H and O–H groups in total. The lowest BCUT2D eigenvalue weighted by Gasteiger charge is -2.23. The van der Waals surface area contributed by atoms with Gasteiger partial charge in [-0.25, -0.2) is 0 Å². The Kier molecular flexibility index (Phi) is 13.0. The maximum atomic E-state index is 12.7. The van der Waals surface area contributed by atoms with E-state index in [4.69, 9.17) is 9.47 Å². The Bertz CT molecular complexity index is 642. The molecule has 0 spiro atoms. The van der Waals surface area contributed by atoms with Crippen LogP contribution in [0.15, 0.2) is 18.2 Å². The van der Waals surface area contributed by atoms with Gasteiger partial charge in [0.2, 0.25) is 0 Å². The monoisotopic (exact) mass is 446 g/mol. The average Bonchev–Trinajstić information content (AvgIpc) is 2.82. The number of amides is 2. The van der Waals surface area contributed by atoms with E-state index in [2.05, 4.69) is 24.5 Å². The predicted octanol–water partition coefficient (Wildman–Crippen LogP) is 5.35. The summed E-state index contributed by atoms with van der Waals surface area (Å²) in [7, 11) is 0. The maximum Gasteiger partial charge on any atom is 0.251 e. The van der Waals surface area contributed by atoms with Crippen molar-refractivity contribution in [1.82, 2.24) is 10.6 Å². The lowest BCUT2D eigenvalue weighted by Crippen LogP contribution is -2.27. The van der Waals surface area contributed by atoms with E-state index >= 15 is 0 Å². The van der Waals surface area contributed by atoms with Crippen LogP contribution in [0.5, 0.6) is 0 Å². The van der Waals surface area contributed by atoms with Gasteiger partial charge >= 0.3 is 0 Å². The van der Waals surface area contributed by atoms with Crippen molar-refractivity contribution in [2.24, 2.45) is 0 Å². The number of unbranched alkanes of at least 4 members (excludes halogenated alkanes) is 6. The van der Waals surface area contributed by atoms with Gasteiger partial charge in [-0.2, -0.15) is 0 Å². The molecule has 1 aromatic carbocycles. The molecule has 6 heteroatoms. The molecule has 2 rings (SSSR count). The van der Waals surface area contributed by atoms with Gasteiger partial charge in [0, 0.05) is 30.8 Å². The highest BCUT2D eigenvalue weighted by Crippen LogP contribution is 2.18. The highest BCUT2D eigenvalue weighted by Gasteiger charge is 2.17. The van der Waals surface area contributed by atoms with Gasteiger partial charge in [0.1, 0.15) is 0 Å². The Hall–Kier alpha value is -1.92. The second-order valence-corrected chi connectivity index (χ2v) is 8.66. The van der Waals surface area contributed by atoms with E-state index in [-0.39, 0.29) is 18.1 Å². The first-order chi connectivity index (χ1) is 15.6. The number of hydrogen-bond acceptors (Lipinski definition) is 4. The summed E-state index contributed by atoms with van der Waals surface area (Å²) in [5, 5.41) is 5.97. The Morgan fingerprint density at radius 1 is 0.875 bits per heavy atom. The van der Waals surface area contributed by atoms with Crippen molar-refractivity contribution in [3.05, 3.63) is 34.9 Å². The third kappa shape index (κ3) is 10.1. The number of rotatable bonds is 15. The Morgan fingerprint density at radius 3 is 1.97 bits per heavy atom. The first-order valence-corrected chi connectivity index (χ1v) is 12.6. The van der Waals surface area contributed by atoms with Crippen LogP contribution in [0, 0.1) is 0 Å². The summed E-state index contributed by atoms with van der Waals surface area (Å²) in [6, 6.07) is 5.33. The molecule has 1 aliphatic rings. The number of ether oxygens (including phenoxy) is 2. The molecule has 0 radical (unpaired) electrons. The van der Waals surface area contributed by atoms with Gasteiger partial charge in [-0.15, -0.1) is 0 Å². The second-order valence-electron chi connectivity index (χ2n) is 8.66. The normalized spacial score (nSPS) is 16.0. The Morgan fingerprint density at radius 2 is 1.47 bits per heavy atom. The third-order valence-corrected chi connectivity index (χ3v) is 5.72. The average molecular weight is 447 g/mol. The molecule has 0 bridgehead atoms. The van der Waals surface area contributed by atoms with Crippen LogP contribution >= 0.6 is 0 Å². The fraction of sp³-hybridized carbons (Fsp3) is 0.692. The fourth-order valence-electron chi connectivity index (χ4n) is 3.78. The van der Waals surface area contributed by atoms with Crippen molar-refractivity contribution >= 4 is 11.8 Å². The molecule has 2 amide bonds. The molecule has 6 nitrogen and oxygen atoms in total. The number of carbonyl (C=O) groups excluding carboxylic acids is 2. The van der Waals surface area contributed by atoms with Gasteiger partial charge in [-0.3, -0.25) is 9.59 Å². The van der Waals surface area contributed by atoms with Crippen molar-refractivity contribution in [2.45, 2.75) is 97.4 Å². The van der Waals surface area contributed by atoms with Crippen molar-refractivity contribution in [2.75, 3.05) is 19.7 Å². The molecular weight excluding hydrogens is 404 g/mol. The van der Waals surface area contributed by atoms with Crippen molar-refractivity contribution in [1.29, 1.82) is 0 Å². The van der Waals surface area contributed by atoms with Gasteiger partial charge in [0.15, 0.2) is 6.29 Å². The van der Waals surface area contributed by atoms with Crippen LogP contribution in [0.3, 0.4) is 0 Å². The van der Waals surface area contributed by atoms with Gasteiger partial charge < -0.3 is 20.1 Å². The molecule has 1 aliphatic heterocycles. The highest BCUT2D eigenvalue weighted by molar-refractivity contribution is 6.00. The molecule has 0 saturated carbocycles. The lowest BCUT2D eigenvalue weighted by atomic mass is 10.0. The van der Waals surface area contributed by atoms with Gasteiger partial charge in [0.05, 0.1) is 6.61 Å². The third-order valence-electron chi connectivity index (χ3n) is 5.72. The van der Waals surface area contributed by atoms with Crippen LogP contribution in [0.4, 0.5) is 0 Å². The summed E-state index contributed by atoms with van der Waals surface area (Å²) in [6.45, 7) is 6.67. The Labute approximate surface area is 193 Å². The molecular formula is C26H42N2O4. The predicted molar refractivity (Wildman–Crippen MR) is 128 cm³/mol. The quantitative estimate of drug-likeness (QED) is 0.356. The largest absolute Gasteiger partial charge is 0.353 e. The lowest BCUT2D eigenvalue weighted by molar-refractivity contribution is -0.168. The number of carbonyl (C=O) groups is 2. The summed E-state index contributed by atoms with van der Waals surface area (Å²) in [4.78, 5) is 25.5. The van der Waals surface area contributed by atoms with Crippen LogP contribution in [0.1, 0.15) is 111 Å². The van der Waals surface area contributed by atoms with Crippen LogP contribution in [-0.2, 0) is 16.1 Å². The van der Waals surface area contributed by atoms with E-state index in [9.17, 15) is 9.59 Å². The molecule has 1 unspecified atom stereocenters. The van der Waals surface area contributed by atoms with Crippen LogP contribution < -0.4 is 10.6 Å².